The number of methoxy groups -OCH3 is 2. The molecule has 0 fully saturated rings. The van der Waals surface area contributed by atoms with Crippen molar-refractivity contribution in [3.05, 3.63) is 150 Å². The first-order valence-electron chi connectivity index (χ1n) is 14.9. The van der Waals surface area contributed by atoms with E-state index in [0.717, 1.165) is 16.7 Å². The summed E-state index contributed by atoms with van der Waals surface area (Å²) in [6.07, 6.45) is 1.78. The lowest BCUT2D eigenvalue weighted by atomic mass is 9.93. The Hall–Kier alpha value is -5.12. The zero-order chi connectivity index (χ0) is 32.9. The van der Waals surface area contributed by atoms with Crippen LogP contribution < -0.4 is 29.1 Å². The minimum Gasteiger partial charge on any atom is -0.497 e. The largest absolute Gasteiger partial charge is 0.497 e. The van der Waals surface area contributed by atoms with Gasteiger partial charge in [0.15, 0.2) is 16.3 Å². The molecule has 47 heavy (non-hydrogen) atoms. The normalized spacial score (nSPS) is 14.3. The molecule has 0 aliphatic carbocycles. The van der Waals surface area contributed by atoms with Crippen LogP contribution in [0.1, 0.15) is 35.2 Å². The first-order valence-corrected chi connectivity index (χ1v) is 16.1. The summed E-state index contributed by atoms with van der Waals surface area (Å²) in [5, 5.41) is 0.618. The number of halogens is 1. The molecule has 0 saturated carbocycles. The van der Waals surface area contributed by atoms with E-state index in [1.165, 1.54) is 11.3 Å². The van der Waals surface area contributed by atoms with Gasteiger partial charge in [0.1, 0.15) is 12.4 Å². The number of carbonyl (C=O) groups is 1. The van der Waals surface area contributed by atoms with Crippen LogP contribution in [-0.2, 0) is 16.1 Å². The van der Waals surface area contributed by atoms with Crippen LogP contribution in [0.15, 0.2) is 112 Å². The number of fused-ring (bicyclic) bond motifs is 1. The summed E-state index contributed by atoms with van der Waals surface area (Å²) in [5.74, 6) is 1.09. The van der Waals surface area contributed by atoms with Gasteiger partial charge >= 0.3 is 5.97 Å². The maximum absolute atomic E-state index is 14.2. The number of carbonyl (C=O) groups excluding carboxylic acids is 1. The number of aromatic nitrogens is 1. The Bertz CT molecular complexity index is 2160. The van der Waals surface area contributed by atoms with E-state index >= 15 is 0 Å². The highest BCUT2D eigenvalue weighted by molar-refractivity contribution is 7.07. The van der Waals surface area contributed by atoms with Crippen LogP contribution in [0.25, 0.3) is 11.8 Å². The van der Waals surface area contributed by atoms with Crippen LogP contribution >= 0.6 is 22.9 Å². The van der Waals surface area contributed by atoms with E-state index in [2.05, 4.69) is 0 Å². The fourth-order valence-corrected chi connectivity index (χ4v) is 6.57. The number of nitrogens with zero attached hydrogens (tertiary/aromatic N) is 2. The SMILES string of the molecule is CCOC(=O)C1=C(c2ccccc2)N=c2s/c(=C\c3ccc(OCc4ccccc4Cl)c(OC)c3)c(=O)n2[C@@H]1c1cccc(OC)c1. The molecule has 0 saturated heterocycles. The smallest absolute Gasteiger partial charge is 0.338 e. The highest BCUT2D eigenvalue weighted by atomic mass is 35.5. The maximum Gasteiger partial charge on any atom is 0.338 e. The summed E-state index contributed by atoms with van der Waals surface area (Å²) in [7, 11) is 3.13. The predicted molar refractivity (Wildman–Crippen MR) is 183 cm³/mol. The van der Waals surface area contributed by atoms with Crippen molar-refractivity contribution in [2.45, 2.75) is 19.6 Å². The summed E-state index contributed by atoms with van der Waals surface area (Å²) >= 11 is 7.54. The highest BCUT2D eigenvalue weighted by Crippen LogP contribution is 2.36. The zero-order valence-corrected chi connectivity index (χ0v) is 27.5. The predicted octanol–water partition coefficient (Wildman–Crippen LogP) is 6.19. The van der Waals surface area contributed by atoms with Gasteiger partial charge in [0.2, 0.25) is 0 Å². The van der Waals surface area contributed by atoms with Gasteiger partial charge in [-0.2, -0.15) is 0 Å². The van der Waals surface area contributed by atoms with E-state index in [-0.39, 0.29) is 24.3 Å². The van der Waals surface area contributed by atoms with Crippen molar-refractivity contribution in [2.24, 2.45) is 4.99 Å². The first-order chi connectivity index (χ1) is 22.9. The minimum atomic E-state index is -0.812. The lowest BCUT2D eigenvalue weighted by molar-refractivity contribution is -0.138. The Morgan fingerprint density at radius 1 is 0.936 bits per heavy atom. The highest BCUT2D eigenvalue weighted by Gasteiger charge is 2.35. The molecule has 238 valence electrons. The fraction of sp³-hybridized carbons (Fsp3) is 0.162. The monoisotopic (exact) mass is 666 g/mol. The van der Waals surface area contributed by atoms with Crippen molar-refractivity contribution < 1.29 is 23.7 Å². The van der Waals surface area contributed by atoms with Crippen LogP contribution in [0.4, 0.5) is 0 Å². The van der Waals surface area contributed by atoms with Gasteiger partial charge in [-0.15, -0.1) is 0 Å². The van der Waals surface area contributed by atoms with Gasteiger partial charge in [-0.05, 0) is 54.5 Å². The average Bonchev–Trinajstić information content (AvgIpc) is 3.41. The van der Waals surface area contributed by atoms with Crippen LogP contribution in [0.3, 0.4) is 0 Å². The van der Waals surface area contributed by atoms with Crippen molar-refractivity contribution in [3.8, 4) is 17.2 Å². The zero-order valence-electron chi connectivity index (χ0n) is 25.9. The first kappa shape index (κ1) is 31.8. The molecule has 6 rings (SSSR count). The van der Waals surface area contributed by atoms with Crippen molar-refractivity contribution in [1.29, 1.82) is 0 Å². The summed E-state index contributed by atoms with van der Waals surface area (Å²) in [4.78, 5) is 33.3. The molecule has 4 aromatic carbocycles. The van der Waals surface area contributed by atoms with Crippen molar-refractivity contribution in [2.75, 3.05) is 20.8 Å². The van der Waals surface area contributed by atoms with E-state index < -0.39 is 12.0 Å². The molecule has 1 aliphatic heterocycles. The molecule has 1 aromatic heterocycles. The molecule has 5 aromatic rings. The summed E-state index contributed by atoms with van der Waals surface area (Å²) in [5.41, 5.74) is 3.42. The van der Waals surface area contributed by atoms with Gasteiger partial charge in [-0.1, -0.05) is 89.7 Å². The topological polar surface area (TPSA) is 88.4 Å². The second-order valence-electron chi connectivity index (χ2n) is 10.5. The van der Waals surface area contributed by atoms with Gasteiger partial charge in [0.25, 0.3) is 5.56 Å². The molecule has 2 heterocycles. The van der Waals surface area contributed by atoms with Crippen LogP contribution in [0.2, 0.25) is 5.02 Å². The molecular weight excluding hydrogens is 636 g/mol. The van der Waals surface area contributed by atoms with Crippen molar-refractivity contribution >= 4 is 40.7 Å². The van der Waals surface area contributed by atoms with Crippen molar-refractivity contribution in [3.63, 3.8) is 0 Å². The number of ether oxygens (including phenoxy) is 4. The maximum atomic E-state index is 14.2. The molecule has 1 aliphatic rings. The average molecular weight is 667 g/mol. The van der Waals surface area contributed by atoms with E-state index in [4.69, 9.17) is 35.5 Å². The quantitative estimate of drug-likeness (QED) is 0.165. The van der Waals surface area contributed by atoms with E-state index in [1.54, 1.807) is 43.9 Å². The summed E-state index contributed by atoms with van der Waals surface area (Å²) in [6.45, 7) is 2.18. The van der Waals surface area contributed by atoms with Crippen LogP contribution in [-0.4, -0.2) is 31.4 Å². The molecule has 8 nitrogen and oxygen atoms in total. The third-order valence-electron chi connectivity index (χ3n) is 7.61. The fourth-order valence-electron chi connectivity index (χ4n) is 5.38. The number of thiazole rings is 1. The standard InChI is InChI=1S/C37H31ClN2O6S/c1-4-45-36(42)32-33(24-11-6-5-7-12-24)39-37-40(34(32)25-14-10-15-27(21-25)43-2)35(41)31(47-37)20-23-17-18-29(30(19-23)44-3)46-22-26-13-8-9-16-28(26)38/h5-21,34H,4,22H2,1-3H3/b31-20-/t34-/m1/s1. The number of rotatable bonds is 10. The molecule has 0 amide bonds. The van der Waals surface area contributed by atoms with E-state index in [1.807, 2.05) is 84.9 Å². The van der Waals surface area contributed by atoms with E-state index in [0.29, 0.717) is 42.9 Å². The third kappa shape index (κ3) is 6.58. The number of hydrogen-bond acceptors (Lipinski definition) is 8. The van der Waals surface area contributed by atoms with Crippen LogP contribution in [0, 0.1) is 0 Å². The number of benzene rings is 4. The molecule has 0 radical (unpaired) electrons. The summed E-state index contributed by atoms with van der Waals surface area (Å²) < 4.78 is 24.7. The molecule has 0 N–H and O–H groups in total. The van der Waals surface area contributed by atoms with Gasteiger partial charge in [0.05, 0.1) is 42.7 Å². The molecule has 0 unspecified atom stereocenters. The van der Waals surface area contributed by atoms with Gasteiger partial charge in [-0.3, -0.25) is 9.36 Å². The minimum absolute atomic E-state index is 0.166. The van der Waals surface area contributed by atoms with Crippen LogP contribution in [0.5, 0.6) is 17.2 Å². The van der Waals surface area contributed by atoms with E-state index in [9.17, 15) is 9.59 Å². The number of esters is 1. The number of hydrogen-bond donors (Lipinski definition) is 0. The second kappa shape index (κ2) is 14.1. The Kier molecular flexibility index (Phi) is 9.56. The molecule has 1 atom stereocenters. The van der Waals surface area contributed by atoms with Gasteiger partial charge in [0, 0.05) is 16.1 Å². The van der Waals surface area contributed by atoms with Crippen molar-refractivity contribution in [1.82, 2.24) is 4.57 Å². The Labute approximate surface area is 280 Å². The second-order valence-corrected chi connectivity index (χ2v) is 11.9. The molecule has 0 bridgehead atoms. The Morgan fingerprint density at radius 2 is 1.72 bits per heavy atom. The Balaban J connectivity index is 1.48. The molecule has 10 heteroatoms. The summed E-state index contributed by atoms with van der Waals surface area (Å²) in [6, 6.07) is 28.9. The third-order valence-corrected chi connectivity index (χ3v) is 8.96. The Morgan fingerprint density at radius 3 is 2.47 bits per heavy atom. The molecule has 0 spiro atoms. The molecular formula is C37H31ClN2O6S. The lowest BCUT2D eigenvalue weighted by Gasteiger charge is -2.26. The lowest BCUT2D eigenvalue weighted by Crippen LogP contribution is -2.40. The van der Waals surface area contributed by atoms with Gasteiger partial charge < -0.3 is 18.9 Å². The van der Waals surface area contributed by atoms with Gasteiger partial charge in [-0.25, -0.2) is 9.79 Å².